The van der Waals surface area contributed by atoms with E-state index in [1.165, 1.54) is 28.4 Å². The van der Waals surface area contributed by atoms with E-state index >= 15 is 0 Å². The van der Waals surface area contributed by atoms with Gasteiger partial charge >= 0.3 is 5.97 Å². The number of amides is 2. The van der Waals surface area contributed by atoms with Gasteiger partial charge < -0.3 is 21.0 Å². The molecule has 2 aromatic rings. The number of nitrogens with two attached hydrogens (primary N) is 1. The van der Waals surface area contributed by atoms with Crippen molar-refractivity contribution < 1.29 is 24.3 Å². The molecule has 5 rings (SSSR count). The van der Waals surface area contributed by atoms with E-state index in [1.807, 2.05) is 12.1 Å². The summed E-state index contributed by atoms with van der Waals surface area (Å²) in [6.45, 7) is 0. The van der Waals surface area contributed by atoms with E-state index in [2.05, 4.69) is 20.4 Å². The molecule has 186 valence electrons. The second kappa shape index (κ2) is 10.3. The molecule has 0 aromatic carbocycles. The van der Waals surface area contributed by atoms with Crippen molar-refractivity contribution in [2.75, 3.05) is 11.5 Å². The molecule has 14 heteroatoms. The van der Waals surface area contributed by atoms with Gasteiger partial charge in [-0.1, -0.05) is 23.0 Å². The lowest BCUT2D eigenvalue weighted by Gasteiger charge is -2.49. The number of thioether (sulfide) groups is 2. The average Bonchev–Trinajstić information content (AvgIpc) is 3.61. The number of thiazole rings is 1. The minimum absolute atomic E-state index is 0.0371. The first kappa shape index (κ1) is 24.3. The zero-order chi connectivity index (χ0) is 25.2. The molecule has 1 saturated heterocycles. The van der Waals surface area contributed by atoms with Gasteiger partial charge in [-0.25, -0.2) is 9.78 Å². The predicted molar refractivity (Wildman–Crippen MR) is 138 cm³/mol. The molecule has 0 spiro atoms. The van der Waals surface area contributed by atoms with Gasteiger partial charge in [0.15, 0.2) is 10.8 Å². The molecule has 36 heavy (non-hydrogen) atoms. The molecule has 4 N–H and O–H groups in total. The number of oxime groups is 1. The summed E-state index contributed by atoms with van der Waals surface area (Å²) in [4.78, 5) is 53.3. The fraction of sp³-hybridized carbons (Fsp3) is 0.273. The number of nitrogens with zero attached hydrogens (tertiary/aromatic N) is 4. The molecule has 1 aliphatic carbocycles. The van der Waals surface area contributed by atoms with Crippen LogP contribution < -0.4 is 11.1 Å². The maximum Gasteiger partial charge on any atom is 0.353 e. The molecule has 4 heterocycles. The molecular formula is C22H20N6O5S3. The Kier molecular flexibility index (Phi) is 6.98. The minimum atomic E-state index is -1.20. The first-order chi connectivity index (χ1) is 17.4. The van der Waals surface area contributed by atoms with E-state index in [-0.39, 0.29) is 28.3 Å². The fourth-order valence-corrected chi connectivity index (χ4v) is 6.37. The Morgan fingerprint density at radius 2 is 2.22 bits per heavy atom. The van der Waals surface area contributed by atoms with Gasteiger partial charge in [-0.2, -0.15) is 0 Å². The summed E-state index contributed by atoms with van der Waals surface area (Å²) in [6, 6.07) is 2.77. The van der Waals surface area contributed by atoms with Crippen LogP contribution in [-0.2, 0) is 19.2 Å². The SMILES string of the molecule is Nc1nc(C(=NOC2CC2)C(=O)N[C@@H]2C(=O)N3C(C(=O)O)=C(S/C=C\c4cccnc4)CS[C@@H]23)cs1. The van der Waals surface area contributed by atoms with Crippen LogP contribution in [0, 0.1) is 0 Å². The number of carboxylic acid groups (broad SMARTS) is 1. The number of nitrogen functional groups attached to an aromatic ring is 1. The van der Waals surface area contributed by atoms with Crippen LogP contribution in [-0.4, -0.2) is 66.7 Å². The molecule has 0 unspecified atom stereocenters. The number of rotatable bonds is 9. The predicted octanol–water partition coefficient (Wildman–Crippen LogP) is 2.10. The minimum Gasteiger partial charge on any atom is -0.477 e. The highest BCUT2D eigenvalue weighted by molar-refractivity contribution is 8.08. The molecule has 1 saturated carbocycles. The summed E-state index contributed by atoms with van der Waals surface area (Å²) in [5.41, 5.74) is 6.67. The highest BCUT2D eigenvalue weighted by atomic mass is 32.2. The van der Waals surface area contributed by atoms with Crippen LogP contribution in [0.4, 0.5) is 5.13 Å². The number of aliphatic carboxylic acids is 1. The molecule has 2 aliphatic heterocycles. The Bertz CT molecular complexity index is 1290. The van der Waals surface area contributed by atoms with Crippen LogP contribution in [0.15, 0.2) is 51.1 Å². The Hall–Kier alpha value is -3.36. The quantitative estimate of drug-likeness (QED) is 0.242. The lowest BCUT2D eigenvalue weighted by atomic mass is 10.0. The van der Waals surface area contributed by atoms with Crippen molar-refractivity contribution in [2.45, 2.75) is 30.4 Å². The van der Waals surface area contributed by atoms with Crippen LogP contribution in [0.5, 0.6) is 0 Å². The average molecular weight is 545 g/mol. The molecule has 0 radical (unpaired) electrons. The number of hydrogen-bond acceptors (Lipinski definition) is 11. The van der Waals surface area contributed by atoms with Gasteiger partial charge in [0.25, 0.3) is 11.8 Å². The number of β-lactam (4-membered cyclic amide) rings is 1. The van der Waals surface area contributed by atoms with Crippen molar-refractivity contribution in [1.29, 1.82) is 0 Å². The molecule has 3 aliphatic rings. The summed E-state index contributed by atoms with van der Waals surface area (Å²) in [7, 11) is 0. The molecular weight excluding hydrogens is 524 g/mol. The third-order valence-electron chi connectivity index (χ3n) is 5.37. The van der Waals surface area contributed by atoms with Gasteiger partial charge in [0.1, 0.15) is 28.9 Å². The number of carbonyl (C=O) groups is 3. The number of pyridine rings is 1. The van der Waals surface area contributed by atoms with Crippen molar-refractivity contribution in [3.63, 3.8) is 0 Å². The zero-order valence-corrected chi connectivity index (χ0v) is 21.0. The van der Waals surface area contributed by atoms with Crippen LogP contribution in [0.1, 0.15) is 24.1 Å². The summed E-state index contributed by atoms with van der Waals surface area (Å²) >= 11 is 3.77. The topological polar surface area (TPSA) is 160 Å². The number of carbonyl (C=O) groups excluding carboxylic acids is 2. The fourth-order valence-electron chi connectivity index (χ4n) is 3.46. The number of aromatic nitrogens is 2. The number of carboxylic acids is 1. The maximum absolute atomic E-state index is 13.0. The number of nitrogens with one attached hydrogen (secondary N) is 1. The monoisotopic (exact) mass is 544 g/mol. The molecule has 2 amide bonds. The number of anilines is 1. The molecule has 2 atom stereocenters. The Labute approximate surface area is 217 Å². The molecule has 2 aromatic heterocycles. The first-order valence-corrected chi connectivity index (χ1v) is 13.6. The largest absolute Gasteiger partial charge is 0.477 e. The molecule has 11 nitrogen and oxygen atoms in total. The Morgan fingerprint density at radius 3 is 2.89 bits per heavy atom. The van der Waals surface area contributed by atoms with Gasteiger partial charge in [0.2, 0.25) is 0 Å². The maximum atomic E-state index is 13.0. The summed E-state index contributed by atoms with van der Waals surface area (Å²) < 4.78 is 0. The van der Waals surface area contributed by atoms with Gasteiger partial charge in [-0.15, -0.1) is 23.1 Å². The zero-order valence-electron chi connectivity index (χ0n) is 18.6. The lowest BCUT2D eigenvalue weighted by molar-refractivity contribution is -0.150. The van der Waals surface area contributed by atoms with Crippen molar-refractivity contribution in [3.8, 4) is 0 Å². The number of hydrogen-bond donors (Lipinski definition) is 3. The van der Waals surface area contributed by atoms with Gasteiger partial charge in [0, 0.05) is 28.4 Å². The van der Waals surface area contributed by atoms with Crippen LogP contribution in [0.2, 0.25) is 0 Å². The van der Waals surface area contributed by atoms with E-state index in [0.717, 1.165) is 29.7 Å². The Morgan fingerprint density at radius 1 is 1.39 bits per heavy atom. The normalized spacial score (nSPS) is 21.8. The third-order valence-corrected chi connectivity index (χ3v) is 8.41. The van der Waals surface area contributed by atoms with Crippen LogP contribution >= 0.6 is 34.9 Å². The highest BCUT2D eigenvalue weighted by Crippen LogP contribution is 2.43. The van der Waals surface area contributed by atoms with E-state index < -0.39 is 29.2 Å². The van der Waals surface area contributed by atoms with Gasteiger partial charge in [0.05, 0.1) is 0 Å². The first-order valence-electron chi connectivity index (χ1n) is 10.8. The van der Waals surface area contributed by atoms with E-state index in [1.54, 1.807) is 29.2 Å². The third kappa shape index (κ3) is 5.10. The number of fused-ring (bicyclic) bond motifs is 1. The van der Waals surface area contributed by atoms with E-state index in [9.17, 15) is 19.5 Å². The van der Waals surface area contributed by atoms with Crippen LogP contribution in [0.25, 0.3) is 6.08 Å². The van der Waals surface area contributed by atoms with E-state index in [0.29, 0.717) is 10.7 Å². The van der Waals surface area contributed by atoms with Gasteiger partial charge in [-0.3, -0.25) is 19.5 Å². The highest BCUT2D eigenvalue weighted by Gasteiger charge is 2.54. The summed E-state index contributed by atoms with van der Waals surface area (Å²) in [5, 5.41) is 19.6. The smallest absolute Gasteiger partial charge is 0.353 e. The Balaban J connectivity index is 1.30. The van der Waals surface area contributed by atoms with Crippen LogP contribution in [0.3, 0.4) is 0 Å². The van der Waals surface area contributed by atoms with Gasteiger partial charge in [-0.05, 0) is 36.0 Å². The van der Waals surface area contributed by atoms with Crippen molar-refractivity contribution in [1.82, 2.24) is 20.2 Å². The summed E-state index contributed by atoms with van der Waals surface area (Å²) in [5.74, 6) is -1.97. The summed E-state index contributed by atoms with van der Waals surface area (Å²) in [6.07, 6.45) is 6.85. The molecule has 0 bridgehead atoms. The van der Waals surface area contributed by atoms with Crippen molar-refractivity contribution in [2.24, 2.45) is 5.16 Å². The van der Waals surface area contributed by atoms with Crippen molar-refractivity contribution >= 4 is 69.6 Å². The second-order valence-corrected chi connectivity index (χ2v) is 11.0. The second-order valence-electron chi connectivity index (χ2n) is 7.96. The lowest BCUT2D eigenvalue weighted by Crippen LogP contribution is -2.71. The standard InChI is InChI=1S/C22H20N6O5S3/c23-22-25-13(9-36-22)15(27-33-12-3-4-12)18(29)26-16-19(30)28-17(21(31)32)14(10-35-20(16)28)34-7-5-11-2-1-6-24-8-11/h1-2,5-9,12,16,20H,3-4,10H2,(H2,23,25)(H,26,29)(H,31,32)/b7-5-,27-15?/t16-,20+/m1/s1. The van der Waals surface area contributed by atoms with E-state index in [4.69, 9.17) is 10.6 Å². The molecule has 2 fully saturated rings. The van der Waals surface area contributed by atoms with Crippen molar-refractivity contribution in [3.05, 3.63) is 57.2 Å².